The fraction of sp³-hybridized carbons (Fsp3) is 0.681. The number of hydrogen-bond acceptors (Lipinski definition) is 13. The zero-order valence-electron chi connectivity index (χ0n) is 38.4. The second-order valence-electron chi connectivity index (χ2n) is 18.3. The Labute approximate surface area is 362 Å². The number of cyclic esters (lactones) is 1. The van der Waals surface area contributed by atoms with Crippen molar-refractivity contribution < 1.29 is 48.0 Å². The maximum absolute atomic E-state index is 15.0. The smallest absolute Gasteiger partial charge is 0.410 e. The van der Waals surface area contributed by atoms with Crippen LogP contribution in [0.15, 0.2) is 42.6 Å². The Bertz CT molecular complexity index is 1910. The Morgan fingerprint density at radius 3 is 2.38 bits per heavy atom. The average Bonchev–Trinajstić information content (AvgIpc) is 3.50. The first-order chi connectivity index (χ1) is 28.7. The van der Waals surface area contributed by atoms with E-state index in [4.69, 9.17) is 23.7 Å². The molecule has 0 saturated carbocycles. The van der Waals surface area contributed by atoms with Crippen molar-refractivity contribution in [2.75, 3.05) is 54.0 Å². The summed E-state index contributed by atoms with van der Waals surface area (Å²) >= 11 is 0. The molecule has 0 spiro atoms. The molecule has 0 bridgehead atoms. The Balaban J connectivity index is 1.60. The largest absolute Gasteiger partial charge is 0.458 e. The molecule has 5 rings (SSSR count). The molecule has 1 aromatic heterocycles. The number of nitrogens with zero attached hydrogens (tertiary/aromatic N) is 4. The van der Waals surface area contributed by atoms with Crippen LogP contribution in [0.3, 0.4) is 0 Å². The van der Waals surface area contributed by atoms with Crippen LogP contribution in [-0.4, -0.2) is 150 Å². The fourth-order valence-electron chi connectivity index (χ4n) is 9.73. The third-order valence-corrected chi connectivity index (χ3v) is 13.4. The number of ether oxygens (including phenoxy) is 5. The standard InChI is InChI=1S/C47H70N4O10/c1-13-38-46(9)41(51(44(55)61-46)22-21-50(12)14-2)31(5)39(52)29(3)26-45(8,58-23-17-18-34-25-35-19-15-16-20-36(35)48-27-34)42(32(6)40(53)33(7)43(54)59-38)60-47(56)28-57-30(4)24-37(47)49(10)11/h15-20,25,27,29-33,37-38,41-42,56H,13-14,21-24,26,28H2,1-12H3/b18-17+/t29-,30-,31+,32+,33-,37+,38-,41-,42-,45-,46-,47-/m1/s1. The van der Waals surface area contributed by atoms with Crippen molar-refractivity contribution in [2.45, 2.75) is 129 Å². The zero-order valence-corrected chi connectivity index (χ0v) is 38.4. The summed E-state index contributed by atoms with van der Waals surface area (Å²) in [5.41, 5.74) is -1.10. The van der Waals surface area contributed by atoms with Gasteiger partial charge in [-0.25, -0.2) is 4.79 Å². The van der Waals surface area contributed by atoms with E-state index >= 15 is 0 Å². The second kappa shape index (κ2) is 19.7. The minimum atomic E-state index is -1.90. The van der Waals surface area contributed by atoms with Crippen molar-refractivity contribution >= 4 is 40.6 Å². The number of Topliss-reactive ketones (excluding diaryl/α,β-unsaturated/α-hetero) is 2. The highest BCUT2D eigenvalue weighted by Crippen LogP contribution is 2.44. The predicted octanol–water partition coefficient (Wildman–Crippen LogP) is 5.78. The van der Waals surface area contributed by atoms with Crippen molar-refractivity contribution in [3.8, 4) is 0 Å². The highest BCUT2D eigenvalue weighted by molar-refractivity contribution is 6.00. The first-order valence-electron chi connectivity index (χ1n) is 22.0. The zero-order chi connectivity index (χ0) is 45.0. The van der Waals surface area contributed by atoms with Gasteiger partial charge < -0.3 is 38.6 Å². The van der Waals surface area contributed by atoms with Gasteiger partial charge in [0.2, 0.25) is 5.79 Å². The third-order valence-electron chi connectivity index (χ3n) is 13.4. The van der Waals surface area contributed by atoms with Crippen molar-refractivity contribution in [1.29, 1.82) is 0 Å². The molecule has 14 nitrogen and oxygen atoms in total. The van der Waals surface area contributed by atoms with Crippen LogP contribution in [-0.2, 0) is 38.1 Å². The van der Waals surface area contributed by atoms with Gasteiger partial charge in [-0.05, 0) is 92.3 Å². The van der Waals surface area contributed by atoms with E-state index in [1.807, 2.05) is 96.2 Å². The molecule has 1 N–H and O–H groups in total. The number of carbonyl (C=O) groups is 4. The summed E-state index contributed by atoms with van der Waals surface area (Å²) in [5, 5.41) is 13.4. The predicted molar refractivity (Wildman–Crippen MR) is 232 cm³/mol. The molecule has 3 fully saturated rings. The van der Waals surface area contributed by atoms with Gasteiger partial charge in [0.25, 0.3) is 0 Å². The summed E-state index contributed by atoms with van der Waals surface area (Å²) in [5.74, 6) is -7.14. The van der Waals surface area contributed by atoms with Crippen LogP contribution >= 0.6 is 0 Å². The fourth-order valence-corrected chi connectivity index (χ4v) is 9.73. The second-order valence-corrected chi connectivity index (χ2v) is 18.3. The van der Waals surface area contributed by atoms with E-state index < -0.39 is 82.8 Å². The maximum atomic E-state index is 15.0. The number of aliphatic hydroxyl groups is 1. The first kappa shape index (κ1) is 48.2. The van der Waals surface area contributed by atoms with E-state index in [2.05, 4.69) is 9.88 Å². The van der Waals surface area contributed by atoms with Crippen LogP contribution in [0.25, 0.3) is 17.0 Å². The summed E-state index contributed by atoms with van der Waals surface area (Å²) in [4.78, 5) is 67.7. The third kappa shape index (κ3) is 10.4. The summed E-state index contributed by atoms with van der Waals surface area (Å²) in [6, 6.07) is 8.53. The lowest BCUT2D eigenvalue weighted by Crippen LogP contribution is -2.64. The summed E-state index contributed by atoms with van der Waals surface area (Å²) in [7, 11) is 5.64. The molecule has 1 aromatic carbocycles. The van der Waals surface area contributed by atoms with E-state index in [1.165, 1.54) is 6.92 Å². The number of esters is 1. The minimum absolute atomic E-state index is 0.0428. The molecule has 338 valence electrons. The summed E-state index contributed by atoms with van der Waals surface area (Å²) in [6.45, 7) is 17.5. The van der Waals surface area contributed by atoms with Gasteiger partial charge in [-0.15, -0.1) is 0 Å². The molecule has 1 amide bonds. The molecular weight excluding hydrogens is 781 g/mol. The van der Waals surface area contributed by atoms with Gasteiger partial charge in [-0.2, -0.15) is 0 Å². The molecule has 4 heterocycles. The van der Waals surface area contributed by atoms with Gasteiger partial charge in [0.1, 0.15) is 24.4 Å². The molecule has 12 atom stereocenters. The van der Waals surface area contributed by atoms with Crippen molar-refractivity contribution in [3.05, 3.63) is 48.2 Å². The molecule has 0 radical (unpaired) electrons. The Kier molecular flexibility index (Phi) is 15.6. The molecule has 2 aromatic rings. The number of benzene rings is 1. The van der Waals surface area contributed by atoms with Crippen LogP contribution in [0, 0.1) is 23.7 Å². The van der Waals surface area contributed by atoms with E-state index in [0.717, 1.165) is 23.0 Å². The molecule has 0 unspecified atom stereocenters. The number of amides is 1. The van der Waals surface area contributed by atoms with Gasteiger partial charge in [-0.3, -0.25) is 24.3 Å². The van der Waals surface area contributed by atoms with Gasteiger partial charge in [-0.1, -0.05) is 65.0 Å². The normalized spacial score (nSPS) is 35.8. The molecule has 3 aliphatic heterocycles. The van der Waals surface area contributed by atoms with Gasteiger partial charge in [0.15, 0.2) is 11.4 Å². The van der Waals surface area contributed by atoms with Gasteiger partial charge in [0.05, 0.1) is 42.0 Å². The number of aromatic nitrogens is 1. The Morgan fingerprint density at radius 1 is 1.00 bits per heavy atom. The molecule has 3 saturated heterocycles. The van der Waals surface area contributed by atoms with Crippen LogP contribution in [0.2, 0.25) is 0 Å². The minimum Gasteiger partial charge on any atom is -0.458 e. The lowest BCUT2D eigenvalue weighted by molar-refractivity contribution is -0.333. The lowest BCUT2D eigenvalue weighted by atomic mass is 9.73. The number of carbonyl (C=O) groups excluding carboxylic acids is 4. The summed E-state index contributed by atoms with van der Waals surface area (Å²) in [6.07, 6.45) is 3.36. The van der Waals surface area contributed by atoms with Crippen LogP contribution in [0.1, 0.15) is 87.1 Å². The Hall–Kier alpha value is -3.79. The number of para-hydroxylation sites is 1. The maximum Gasteiger partial charge on any atom is 0.410 e. The molecule has 61 heavy (non-hydrogen) atoms. The highest BCUT2D eigenvalue weighted by atomic mass is 16.7. The highest BCUT2D eigenvalue weighted by Gasteiger charge is 2.60. The average molecular weight is 851 g/mol. The number of pyridine rings is 1. The van der Waals surface area contributed by atoms with Crippen LogP contribution < -0.4 is 0 Å². The van der Waals surface area contributed by atoms with Gasteiger partial charge in [0, 0.05) is 42.4 Å². The van der Waals surface area contributed by atoms with Crippen LogP contribution in [0.4, 0.5) is 4.79 Å². The van der Waals surface area contributed by atoms with Gasteiger partial charge >= 0.3 is 12.1 Å². The van der Waals surface area contributed by atoms with Crippen LogP contribution in [0.5, 0.6) is 0 Å². The van der Waals surface area contributed by atoms with E-state index in [0.29, 0.717) is 13.0 Å². The quantitative estimate of drug-likeness (QED) is 0.156. The number of ketones is 2. The number of hydrogen-bond donors (Lipinski definition) is 1. The van der Waals surface area contributed by atoms with Crippen molar-refractivity contribution in [3.63, 3.8) is 0 Å². The molecule has 14 heteroatoms. The molecule has 3 aliphatic rings. The summed E-state index contributed by atoms with van der Waals surface area (Å²) < 4.78 is 32.0. The number of likely N-dealkylation sites (N-methyl/N-ethyl adjacent to an activating group) is 2. The first-order valence-corrected chi connectivity index (χ1v) is 22.0. The van der Waals surface area contributed by atoms with E-state index in [-0.39, 0.29) is 44.5 Å². The number of fused-ring (bicyclic) bond motifs is 2. The monoisotopic (exact) mass is 851 g/mol. The SMILES string of the molecule is CC[C@H]1OC(=O)[C@H](C)C(=O)[C@H](C)[C@@H](O[C@]2(O)CO[C@H](C)C[C@@H]2N(C)C)[C@](C)(OC/C=C/c2cnc3ccccc3c2)C[C@@H](C)C(=O)[C@H](C)[C@H]2N(CCN(C)CC)C(=O)O[C@]12C. The molecule has 0 aliphatic carbocycles. The van der Waals surface area contributed by atoms with E-state index in [9.17, 15) is 24.3 Å². The Morgan fingerprint density at radius 2 is 1.70 bits per heavy atom. The molecular formula is C47H70N4O10. The topological polar surface area (TPSA) is 157 Å². The van der Waals surface area contributed by atoms with E-state index in [1.54, 1.807) is 38.8 Å². The lowest BCUT2D eigenvalue weighted by Gasteiger charge is -2.50. The number of rotatable bonds is 12. The van der Waals surface area contributed by atoms with Crippen molar-refractivity contribution in [1.82, 2.24) is 19.7 Å². The van der Waals surface area contributed by atoms with Crippen molar-refractivity contribution in [2.24, 2.45) is 23.7 Å².